The van der Waals surface area contributed by atoms with Crippen molar-refractivity contribution in [3.63, 3.8) is 0 Å². The van der Waals surface area contributed by atoms with E-state index < -0.39 is 29.0 Å². The van der Waals surface area contributed by atoms with Crippen LogP contribution in [0.4, 0.5) is 18.9 Å². The second-order valence-corrected chi connectivity index (χ2v) is 3.08. The van der Waals surface area contributed by atoms with E-state index in [1.165, 1.54) is 6.92 Å². The first-order valence-corrected chi connectivity index (χ1v) is 3.94. The number of nitrogens with two attached hydrogens (primary N) is 1. The Bertz CT molecular complexity index is 413. The molecule has 1 aromatic rings. The first kappa shape index (κ1) is 11.4. The average Bonchev–Trinajstić information content (AvgIpc) is 2.06. The van der Waals surface area contributed by atoms with Crippen molar-refractivity contribution in [3.05, 3.63) is 28.8 Å². The molecule has 82 valence electrons. The van der Waals surface area contributed by atoms with Crippen LogP contribution >= 0.6 is 0 Å². The van der Waals surface area contributed by atoms with Crippen molar-refractivity contribution in [2.75, 3.05) is 5.73 Å². The third kappa shape index (κ3) is 2.20. The number of hydrogen-bond acceptors (Lipinski definition) is 2. The lowest BCUT2D eigenvalue weighted by Crippen LogP contribution is -2.13. The number of benzene rings is 1. The SMILES string of the molecule is Cc1cc(C(=O)O)c(N)c(C(F)(F)F)c1. The number of halogens is 3. The summed E-state index contributed by atoms with van der Waals surface area (Å²) < 4.78 is 37.2. The Morgan fingerprint density at radius 1 is 1.40 bits per heavy atom. The maximum Gasteiger partial charge on any atom is 0.418 e. The lowest BCUT2D eigenvalue weighted by molar-refractivity contribution is -0.136. The van der Waals surface area contributed by atoms with Crippen molar-refractivity contribution in [2.45, 2.75) is 13.1 Å². The lowest BCUT2D eigenvalue weighted by atomic mass is 10.0. The molecule has 6 heteroatoms. The molecule has 1 rings (SSSR count). The third-order valence-electron chi connectivity index (χ3n) is 1.86. The Hall–Kier alpha value is -1.72. The van der Waals surface area contributed by atoms with Gasteiger partial charge in [-0.25, -0.2) is 4.79 Å². The van der Waals surface area contributed by atoms with Gasteiger partial charge in [-0.3, -0.25) is 0 Å². The van der Waals surface area contributed by atoms with Gasteiger partial charge in [0, 0.05) is 0 Å². The molecular formula is C9H8F3NO2. The fraction of sp³-hybridized carbons (Fsp3) is 0.222. The quantitative estimate of drug-likeness (QED) is 0.712. The zero-order chi connectivity index (χ0) is 11.8. The number of rotatable bonds is 1. The molecule has 0 saturated heterocycles. The van der Waals surface area contributed by atoms with Gasteiger partial charge in [0.15, 0.2) is 0 Å². The molecular weight excluding hydrogens is 211 g/mol. The molecule has 0 fully saturated rings. The molecule has 0 bridgehead atoms. The van der Waals surface area contributed by atoms with Crippen molar-refractivity contribution in [3.8, 4) is 0 Å². The smallest absolute Gasteiger partial charge is 0.418 e. The normalized spacial score (nSPS) is 11.5. The van der Waals surface area contributed by atoms with Gasteiger partial charge >= 0.3 is 12.1 Å². The maximum absolute atomic E-state index is 12.4. The summed E-state index contributed by atoms with van der Waals surface area (Å²) in [6.45, 7) is 1.38. The van der Waals surface area contributed by atoms with E-state index in [0.717, 1.165) is 12.1 Å². The molecule has 0 radical (unpaired) electrons. The van der Waals surface area contributed by atoms with Gasteiger partial charge in [0.25, 0.3) is 0 Å². The number of alkyl halides is 3. The molecule has 0 aromatic heterocycles. The summed E-state index contributed by atoms with van der Waals surface area (Å²) in [6.07, 6.45) is -4.64. The van der Waals surface area contributed by atoms with Gasteiger partial charge in [-0.1, -0.05) is 0 Å². The molecule has 0 unspecified atom stereocenters. The summed E-state index contributed by atoms with van der Waals surface area (Å²) in [7, 11) is 0. The second kappa shape index (κ2) is 3.45. The predicted octanol–water partition coefficient (Wildman–Crippen LogP) is 2.29. The van der Waals surface area contributed by atoms with Crippen LogP contribution in [0, 0.1) is 6.92 Å². The third-order valence-corrected chi connectivity index (χ3v) is 1.86. The zero-order valence-electron chi connectivity index (χ0n) is 7.72. The molecule has 0 aliphatic carbocycles. The summed E-state index contributed by atoms with van der Waals surface area (Å²) >= 11 is 0. The van der Waals surface area contributed by atoms with Crippen LogP contribution < -0.4 is 5.73 Å². The van der Waals surface area contributed by atoms with Gasteiger partial charge in [-0.05, 0) is 24.6 Å². The highest BCUT2D eigenvalue weighted by Crippen LogP contribution is 2.35. The minimum absolute atomic E-state index is 0.203. The highest BCUT2D eigenvalue weighted by Gasteiger charge is 2.34. The van der Waals surface area contributed by atoms with Crippen LogP contribution in [0.2, 0.25) is 0 Å². The molecule has 0 amide bonds. The number of nitrogen functional groups attached to an aromatic ring is 1. The van der Waals surface area contributed by atoms with Gasteiger partial charge in [0.2, 0.25) is 0 Å². The van der Waals surface area contributed by atoms with Crippen molar-refractivity contribution >= 4 is 11.7 Å². The van der Waals surface area contributed by atoms with Gasteiger partial charge in [-0.15, -0.1) is 0 Å². The molecule has 0 atom stereocenters. The minimum atomic E-state index is -4.64. The summed E-state index contributed by atoms with van der Waals surface area (Å²) in [5.74, 6) is -1.47. The Morgan fingerprint density at radius 3 is 2.33 bits per heavy atom. The van der Waals surface area contributed by atoms with E-state index in [9.17, 15) is 18.0 Å². The van der Waals surface area contributed by atoms with Crippen LogP contribution in [-0.4, -0.2) is 11.1 Å². The van der Waals surface area contributed by atoms with Crippen LogP contribution in [0.5, 0.6) is 0 Å². The largest absolute Gasteiger partial charge is 0.478 e. The van der Waals surface area contributed by atoms with E-state index in [2.05, 4.69) is 0 Å². The number of aryl methyl sites for hydroxylation is 1. The van der Waals surface area contributed by atoms with Crippen molar-refractivity contribution in [2.24, 2.45) is 0 Å². The first-order valence-electron chi connectivity index (χ1n) is 3.94. The average molecular weight is 219 g/mol. The van der Waals surface area contributed by atoms with Crippen LogP contribution in [0.15, 0.2) is 12.1 Å². The number of carboxylic acids is 1. The minimum Gasteiger partial charge on any atom is -0.478 e. The van der Waals surface area contributed by atoms with E-state index in [1.54, 1.807) is 0 Å². The van der Waals surface area contributed by atoms with E-state index in [0.29, 0.717) is 0 Å². The number of aromatic carboxylic acids is 1. The lowest BCUT2D eigenvalue weighted by Gasteiger charge is -2.12. The van der Waals surface area contributed by atoms with Gasteiger partial charge in [0.05, 0.1) is 16.8 Å². The van der Waals surface area contributed by atoms with Crippen LogP contribution in [0.3, 0.4) is 0 Å². The molecule has 3 nitrogen and oxygen atoms in total. The summed E-state index contributed by atoms with van der Waals surface area (Å²) in [6, 6.07) is 1.93. The number of hydrogen-bond donors (Lipinski definition) is 2. The Morgan fingerprint density at radius 2 is 1.93 bits per heavy atom. The molecule has 3 N–H and O–H groups in total. The molecule has 0 aliphatic heterocycles. The highest BCUT2D eigenvalue weighted by molar-refractivity contribution is 5.94. The molecule has 0 spiro atoms. The fourth-order valence-electron chi connectivity index (χ4n) is 1.21. The topological polar surface area (TPSA) is 63.3 Å². The second-order valence-electron chi connectivity index (χ2n) is 3.08. The van der Waals surface area contributed by atoms with E-state index >= 15 is 0 Å². The summed E-state index contributed by atoms with van der Waals surface area (Å²) in [5, 5.41) is 8.63. The summed E-state index contributed by atoms with van der Waals surface area (Å²) in [4.78, 5) is 10.6. The van der Waals surface area contributed by atoms with Gasteiger partial charge < -0.3 is 10.8 Å². The van der Waals surface area contributed by atoms with Crippen LogP contribution in [0.25, 0.3) is 0 Å². The van der Waals surface area contributed by atoms with Crippen LogP contribution in [0.1, 0.15) is 21.5 Å². The predicted molar refractivity (Wildman–Crippen MR) is 47.6 cm³/mol. The van der Waals surface area contributed by atoms with E-state index in [4.69, 9.17) is 10.8 Å². The molecule has 0 heterocycles. The Labute approximate surface area is 83.3 Å². The van der Waals surface area contributed by atoms with Crippen molar-refractivity contribution < 1.29 is 23.1 Å². The van der Waals surface area contributed by atoms with Crippen molar-refractivity contribution in [1.82, 2.24) is 0 Å². The maximum atomic E-state index is 12.4. The van der Waals surface area contributed by atoms with Crippen LogP contribution in [-0.2, 0) is 6.18 Å². The molecule has 0 aliphatic rings. The molecule has 1 aromatic carbocycles. The van der Waals surface area contributed by atoms with Crippen molar-refractivity contribution in [1.29, 1.82) is 0 Å². The standard InChI is InChI=1S/C9H8F3NO2/c1-4-2-5(8(14)15)7(13)6(3-4)9(10,11)12/h2-3H,13H2,1H3,(H,14,15). The summed E-state index contributed by atoms with van der Waals surface area (Å²) in [5.41, 5.74) is 2.95. The molecule has 15 heavy (non-hydrogen) atoms. The highest BCUT2D eigenvalue weighted by atomic mass is 19.4. The first-order chi connectivity index (χ1) is 6.73. The monoisotopic (exact) mass is 219 g/mol. The fourth-order valence-corrected chi connectivity index (χ4v) is 1.21. The number of carbonyl (C=O) groups is 1. The zero-order valence-corrected chi connectivity index (χ0v) is 7.72. The Balaban J connectivity index is 3.49. The number of anilines is 1. The van der Waals surface area contributed by atoms with Gasteiger partial charge in [-0.2, -0.15) is 13.2 Å². The Kier molecular flexibility index (Phi) is 2.61. The van der Waals surface area contributed by atoms with E-state index in [1.807, 2.05) is 0 Å². The van der Waals surface area contributed by atoms with Gasteiger partial charge in [0.1, 0.15) is 0 Å². The van der Waals surface area contributed by atoms with E-state index in [-0.39, 0.29) is 5.56 Å². The molecule has 0 saturated carbocycles. The number of carboxylic acid groups (broad SMARTS) is 1.